The summed E-state index contributed by atoms with van der Waals surface area (Å²) in [6, 6.07) is 7.75. The molecule has 0 amide bonds. The second-order valence-electron chi connectivity index (χ2n) is 4.72. The van der Waals surface area contributed by atoms with Gasteiger partial charge in [-0.3, -0.25) is 4.79 Å². The lowest BCUT2D eigenvalue weighted by molar-refractivity contribution is -0.140. The molecule has 2 N–H and O–H groups in total. The van der Waals surface area contributed by atoms with E-state index in [1.165, 1.54) is 0 Å². The lowest BCUT2D eigenvalue weighted by Gasteiger charge is -2.13. The summed E-state index contributed by atoms with van der Waals surface area (Å²) < 4.78 is 0.946. The quantitative estimate of drug-likeness (QED) is 0.902. The van der Waals surface area contributed by atoms with Crippen molar-refractivity contribution in [2.24, 2.45) is 5.92 Å². The van der Waals surface area contributed by atoms with Gasteiger partial charge in [0.1, 0.15) is 11.7 Å². The Bertz CT molecular complexity index is 593. The van der Waals surface area contributed by atoms with Crippen molar-refractivity contribution in [2.75, 3.05) is 0 Å². The number of nitrogens with zero attached hydrogens (tertiary/aromatic N) is 1. The highest BCUT2D eigenvalue weighted by atomic mass is 79.9. The minimum absolute atomic E-state index is 0.0179. The fourth-order valence-electron chi connectivity index (χ4n) is 2.03. The summed E-state index contributed by atoms with van der Waals surface area (Å²) >= 11 is 3.47. The van der Waals surface area contributed by atoms with Gasteiger partial charge in [-0.15, -0.1) is 0 Å². The van der Waals surface area contributed by atoms with Crippen molar-refractivity contribution in [3.8, 4) is 11.3 Å². The third kappa shape index (κ3) is 2.87. The van der Waals surface area contributed by atoms with E-state index in [0.717, 1.165) is 15.7 Å². The van der Waals surface area contributed by atoms with Crippen LogP contribution in [-0.2, 0) is 4.79 Å². The number of hydrogen-bond donors (Lipinski definition) is 2. The highest BCUT2D eigenvalue weighted by Crippen LogP contribution is 2.29. The summed E-state index contributed by atoms with van der Waals surface area (Å²) in [4.78, 5) is 18.6. The van der Waals surface area contributed by atoms with Crippen LogP contribution < -0.4 is 0 Å². The second-order valence-corrected chi connectivity index (χ2v) is 5.58. The molecule has 0 bridgehead atoms. The maximum absolute atomic E-state index is 11.3. The number of halogens is 1. The van der Waals surface area contributed by atoms with Crippen molar-refractivity contribution < 1.29 is 9.90 Å². The molecular formula is C14H15BrN2O2. The Balaban J connectivity index is 2.39. The van der Waals surface area contributed by atoms with Gasteiger partial charge in [0.05, 0.1) is 11.9 Å². The van der Waals surface area contributed by atoms with Gasteiger partial charge in [0, 0.05) is 10.0 Å². The van der Waals surface area contributed by atoms with E-state index in [1.807, 2.05) is 38.1 Å². The Kier molecular flexibility index (Phi) is 4.04. The van der Waals surface area contributed by atoms with E-state index in [2.05, 4.69) is 25.9 Å². The van der Waals surface area contributed by atoms with E-state index in [9.17, 15) is 9.90 Å². The van der Waals surface area contributed by atoms with Crippen molar-refractivity contribution in [2.45, 2.75) is 19.8 Å². The Morgan fingerprint density at radius 1 is 1.37 bits per heavy atom. The number of carboxylic acids is 1. The van der Waals surface area contributed by atoms with Crippen molar-refractivity contribution >= 4 is 21.9 Å². The van der Waals surface area contributed by atoms with E-state index in [-0.39, 0.29) is 5.92 Å². The van der Waals surface area contributed by atoms with Gasteiger partial charge in [-0.2, -0.15) is 0 Å². The van der Waals surface area contributed by atoms with Crippen LogP contribution in [0.25, 0.3) is 11.3 Å². The minimum Gasteiger partial charge on any atom is -0.481 e. The van der Waals surface area contributed by atoms with Crippen molar-refractivity contribution in [3.05, 3.63) is 40.8 Å². The van der Waals surface area contributed by atoms with Crippen LogP contribution in [0.2, 0.25) is 0 Å². The van der Waals surface area contributed by atoms with Crippen LogP contribution in [0, 0.1) is 5.92 Å². The smallest absolute Gasteiger partial charge is 0.314 e. The molecule has 0 spiro atoms. The number of aromatic nitrogens is 2. The zero-order valence-corrected chi connectivity index (χ0v) is 12.3. The first-order chi connectivity index (χ1) is 9.00. The molecule has 1 aromatic heterocycles. The maximum atomic E-state index is 11.3. The van der Waals surface area contributed by atoms with Gasteiger partial charge < -0.3 is 10.1 Å². The Morgan fingerprint density at radius 2 is 2.05 bits per heavy atom. The molecule has 4 nitrogen and oxygen atoms in total. The molecule has 0 aliphatic heterocycles. The first kappa shape index (κ1) is 13.8. The summed E-state index contributed by atoms with van der Waals surface area (Å²) in [7, 11) is 0. The number of rotatable bonds is 4. The van der Waals surface area contributed by atoms with Crippen LogP contribution in [0.1, 0.15) is 25.6 Å². The maximum Gasteiger partial charge on any atom is 0.314 e. The van der Waals surface area contributed by atoms with Crippen LogP contribution >= 0.6 is 15.9 Å². The van der Waals surface area contributed by atoms with Gasteiger partial charge in [-0.1, -0.05) is 48.0 Å². The van der Waals surface area contributed by atoms with Gasteiger partial charge in [0.2, 0.25) is 0 Å². The molecule has 1 aromatic carbocycles. The minimum atomic E-state index is -0.858. The average molecular weight is 323 g/mol. The lowest BCUT2D eigenvalue weighted by Crippen LogP contribution is -2.18. The Hall–Kier alpha value is -1.62. The molecule has 0 saturated carbocycles. The summed E-state index contributed by atoms with van der Waals surface area (Å²) in [5.74, 6) is -0.997. The third-order valence-corrected chi connectivity index (χ3v) is 3.68. The molecule has 0 aliphatic carbocycles. The number of benzene rings is 1. The molecule has 0 fully saturated rings. The summed E-state index contributed by atoms with van der Waals surface area (Å²) in [6.07, 6.45) is 1.67. The van der Waals surface area contributed by atoms with Crippen LogP contribution in [0.4, 0.5) is 0 Å². The van der Waals surface area contributed by atoms with Gasteiger partial charge >= 0.3 is 5.97 Å². The number of H-pyrrole nitrogens is 1. The zero-order chi connectivity index (χ0) is 14.0. The third-order valence-electron chi connectivity index (χ3n) is 2.99. The molecule has 19 heavy (non-hydrogen) atoms. The van der Waals surface area contributed by atoms with E-state index in [1.54, 1.807) is 6.20 Å². The number of hydrogen-bond acceptors (Lipinski definition) is 2. The highest BCUT2D eigenvalue weighted by molar-refractivity contribution is 9.10. The fraction of sp³-hybridized carbons (Fsp3) is 0.286. The number of carboxylic acid groups (broad SMARTS) is 1. The molecule has 100 valence electrons. The number of carbonyl (C=O) groups is 1. The van der Waals surface area contributed by atoms with Crippen LogP contribution in [0.15, 0.2) is 34.9 Å². The van der Waals surface area contributed by atoms with Gasteiger partial charge in [-0.25, -0.2) is 4.98 Å². The van der Waals surface area contributed by atoms with Crippen LogP contribution in [0.3, 0.4) is 0 Å². The zero-order valence-electron chi connectivity index (χ0n) is 10.7. The fourth-order valence-corrected chi connectivity index (χ4v) is 2.53. The first-order valence-electron chi connectivity index (χ1n) is 6.03. The predicted octanol–water partition coefficient (Wildman–Crippen LogP) is 3.66. The Morgan fingerprint density at radius 3 is 2.63 bits per heavy atom. The van der Waals surface area contributed by atoms with E-state index in [0.29, 0.717) is 5.82 Å². The molecular weight excluding hydrogens is 308 g/mol. The van der Waals surface area contributed by atoms with E-state index >= 15 is 0 Å². The second kappa shape index (κ2) is 5.57. The Labute approximate surface area is 120 Å². The van der Waals surface area contributed by atoms with E-state index < -0.39 is 11.9 Å². The number of aromatic amines is 1. The van der Waals surface area contributed by atoms with Gasteiger partial charge in [0.25, 0.3) is 0 Å². The lowest BCUT2D eigenvalue weighted by atomic mass is 9.95. The van der Waals surface area contributed by atoms with Crippen molar-refractivity contribution in [1.29, 1.82) is 0 Å². The number of nitrogens with one attached hydrogen (secondary N) is 1. The molecule has 2 rings (SSSR count). The van der Waals surface area contributed by atoms with Crippen LogP contribution in [0.5, 0.6) is 0 Å². The van der Waals surface area contributed by atoms with E-state index in [4.69, 9.17) is 0 Å². The van der Waals surface area contributed by atoms with Crippen LogP contribution in [-0.4, -0.2) is 21.0 Å². The topological polar surface area (TPSA) is 66.0 Å². The molecule has 2 aromatic rings. The SMILES string of the molecule is CC(C)C(C(=O)O)c1ncc(-c2ccccc2Br)[nH]1. The molecule has 0 saturated heterocycles. The van der Waals surface area contributed by atoms with Crippen molar-refractivity contribution in [3.63, 3.8) is 0 Å². The summed E-state index contributed by atoms with van der Waals surface area (Å²) in [5, 5.41) is 9.26. The average Bonchev–Trinajstić information content (AvgIpc) is 2.77. The van der Waals surface area contributed by atoms with Crippen molar-refractivity contribution in [1.82, 2.24) is 9.97 Å². The summed E-state index contributed by atoms with van der Waals surface area (Å²) in [5.41, 5.74) is 1.78. The highest BCUT2D eigenvalue weighted by Gasteiger charge is 2.26. The van der Waals surface area contributed by atoms with Gasteiger partial charge in [0.15, 0.2) is 0 Å². The largest absolute Gasteiger partial charge is 0.481 e. The van der Waals surface area contributed by atoms with Gasteiger partial charge in [-0.05, 0) is 12.0 Å². The number of imidazole rings is 1. The molecule has 1 atom stereocenters. The molecule has 1 heterocycles. The molecule has 1 unspecified atom stereocenters. The normalized spacial score (nSPS) is 12.6. The monoisotopic (exact) mass is 322 g/mol. The molecule has 0 aliphatic rings. The first-order valence-corrected chi connectivity index (χ1v) is 6.82. The standard InChI is InChI=1S/C14H15BrN2O2/c1-8(2)12(14(18)19)13-16-7-11(17-13)9-5-3-4-6-10(9)15/h3-8,12H,1-2H3,(H,16,17)(H,18,19). The number of aliphatic carboxylic acids is 1. The molecule has 5 heteroatoms. The summed E-state index contributed by atoms with van der Waals surface area (Å²) in [6.45, 7) is 3.75. The molecule has 0 radical (unpaired) electrons. The predicted molar refractivity (Wildman–Crippen MR) is 76.9 cm³/mol.